The highest BCUT2D eigenvalue weighted by Crippen LogP contribution is 2.19. The molecule has 1 fully saturated rings. The van der Waals surface area contributed by atoms with Crippen molar-refractivity contribution in [3.05, 3.63) is 65.6 Å². The first-order valence-corrected chi connectivity index (χ1v) is 8.12. The van der Waals surface area contributed by atoms with E-state index >= 15 is 0 Å². The summed E-state index contributed by atoms with van der Waals surface area (Å²) in [6, 6.07) is 12.9. The fraction of sp³-hybridized carbons (Fsp3) is 0.176. The van der Waals surface area contributed by atoms with Crippen molar-refractivity contribution < 1.29 is 9.53 Å². The molecule has 8 heteroatoms. The minimum atomic E-state index is -0.161. The third kappa shape index (κ3) is 3.32. The largest absolute Gasteiger partial charge is 0.471 e. The number of benzene rings is 1. The number of rotatable bonds is 4. The van der Waals surface area contributed by atoms with Crippen molar-refractivity contribution in [2.45, 2.75) is 6.10 Å². The highest BCUT2D eigenvalue weighted by molar-refractivity contribution is 6.30. The molecule has 7 nitrogen and oxygen atoms in total. The van der Waals surface area contributed by atoms with Crippen LogP contribution in [0, 0.1) is 0 Å². The maximum Gasteiger partial charge on any atom is 0.276 e. The number of carbonyl (C=O) groups is 1. The Balaban J connectivity index is 1.36. The van der Waals surface area contributed by atoms with Crippen molar-refractivity contribution in [3.8, 4) is 11.6 Å². The Bertz CT molecular complexity index is 876. The van der Waals surface area contributed by atoms with E-state index in [1.807, 2.05) is 30.3 Å². The van der Waals surface area contributed by atoms with Gasteiger partial charge in [0.2, 0.25) is 5.88 Å². The van der Waals surface area contributed by atoms with Crippen molar-refractivity contribution in [2.24, 2.45) is 0 Å². The van der Waals surface area contributed by atoms with Gasteiger partial charge in [0, 0.05) is 12.3 Å². The summed E-state index contributed by atoms with van der Waals surface area (Å²) in [7, 11) is 0. The van der Waals surface area contributed by atoms with E-state index in [0.29, 0.717) is 29.7 Å². The van der Waals surface area contributed by atoms with Crippen molar-refractivity contribution in [2.75, 3.05) is 13.1 Å². The average molecular weight is 356 g/mol. The van der Waals surface area contributed by atoms with Gasteiger partial charge in [0.05, 0.1) is 30.0 Å². The third-order valence-corrected chi connectivity index (χ3v) is 4.04. The molecule has 0 unspecified atom stereocenters. The molecule has 1 aromatic carbocycles. The summed E-state index contributed by atoms with van der Waals surface area (Å²) in [5, 5.41) is 8.95. The standard InChI is InChI=1S/C17H14ClN5O2/c18-12-6-7-16(19-8-12)25-14-10-22(11-14)17(24)15-9-20-23(21-15)13-4-2-1-3-5-13/h1-9,14H,10-11H2. The van der Waals surface area contributed by atoms with Crippen LogP contribution in [0.3, 0.4) is 0 Å². The van der Waals surface area contributed by atoms with Gasteiger partial charge >= 0.3 is 0 Å². The zero-order chi connectivity index (χ0) is 17.2. The first kappa shape index (κ1) is 15.6. The van der Waals surface area contributed by atoms with Gasteiger partial charge in [0.25, 0.3) is 5.91 Å². The third-order valence-electron chi connectivity index (χ3n) is 3.82. The quantitative estimate of drug-likeness (QED) is 0.717. The molecule has 126 valence electrons. The van der Waals surface area contributed by atoms with Crippen LogP contribution in [0.25, 0.3) is 5.69 Å². The molecule has 1 aliphatic rings. The summed E-state index contributed by atoms with van der Waals surface area (Å²) >= 11 is 5.79. The molecule has 25 heavy (non-hydrogen) atoms. The van der Waals surface area contributed by atoms with E-state index in [2.05, 4.69) is 15.2 Å². The lowest BCUT2D eigenvalue weighted by Gasteiger charge is -2.38. The van der Waals surface area contributed by atoms with Crippen LogP contribution < -0.4 is 4.74 Å². The van der Waals surface area contributed by atoms with E-state index in [1.165, 1.54) is 17.2 Å². The Morgan fingerprint density at radius 2 is 1.92 bits per heavy atom. The molecule has 1 aliphatic heterocycles. The fourth-order valence-electron chi connectivity index (χ4n) is 2.49. The predicted octanol–water partition coefficient (Wildman–Crippen LogP) is 2.22. The topological polar surface area (TPSA) is 73.1 Å². The molecular weight excluding hydrogens is 342 g/mol. The van der Waals surface area contributed by atoms with E-state index in [0.717, 1.165) is 5.69 Å². The molecular formula is C17H14ClN5O2. The minimum absolute atomic E-state index is 0.0817. The summed E-state index contributed by atoms with van der Waals surface area (Å²) in [5.74, 6) is 0.336. The SMILES string of the molecule is O=C(c1cnn(-c2ccccc2)n1)N1CC(Oc2ccc(Cl)cn2)C1. The number of aromatic nitrogens is 4. The molecule has 1 saturated heterocycles. The maximum absolute atomic E-state index is 12.4. The smallest absolute Gasteiger partial charge is 0.276 e. The summed E-state index contributed by atoms with van der Waals surface area (Å²) < 4.78 is 5.69. The van der Waals surface area contributed by atoms with Gasteiger partial charge in [-0.25, -0.2) is 4.98 Å². The van der Waals surface area contributed by atoms with Crippen LogP contribution in [0.4, 0.5) is 0 Å². The van der Waals surface area contributed by atoms with Gasteiger partial charge in [-0.05, 0) is 18.2 Å². The average Bonchev–Trinajstić information content (AvgIpc) is 3.10. The highest BCUT2D eigenvalue weighted by atomic mass is 35.5. The molecule has 3 heterocycles. The Morgan fingerprint density at radius 1 is 1.12 bits per heavy atom. The lowest BCUT2D eigenvalue weighted by atomic mass is 10.1. The summed E-state index contributed by atoms with van der Waals surface area (Å²) in [6.45, 7) is 0.975. The van der Waals surface area contributed by atoms with E-state index in [4.69, 9.17) is 16.3 Å². The Kier molecular flexibility index (Phi) is 4.07. The monoisotopic (exact) mass is 355 g/mol. The van der Waals surface area contributed by atoms with Gasteiger partial charge in [0.15, 0.2) is 5.69 Å². The molecule has 0 atom stereocenters. The summed E-state index contributed by atoms with van der Waals surface area (Å²) in [4.78, 5) is 19.6. The molecule has 0 N–H and O–H groups in total. The maximum atomic E-state index is 12.4. The van der Waals surface area contributed by atoms with Gasteiger partial charge in [-0.1, -0.05) is 29.8 Å². The molecule has 3 aromatic rings. The summed E-state index contributed by atoms with van der Waals surface area (Å²) in [5.41, 5.74) is 1.12. The number of pyridine rings is 1. The highest BCUT2D eigenvalue weighted by Gasteiger charge is 2.34. The van der Waals surface area contributed by atoms with Gasteiger partial charge < -0.3 is 9.64 Å². The molecule has 0 spiro atoms. The number of amides is 1. The van der Waals surface area contributed by atoms with E-state index in [-0.39, 0.29) is 12.0 Å². The number of halogens is 1. The molecule has 0 bridgehead atoms. The molecule has 0 radical (unpaired) electrons. The van der Waals surface area contributed by atoms with Crippen LogP contribution in [0.2, 0.25) is 5.02 Å². The Labute approximate surface area is 148 Å². The number of hydrogen-bond donors (Lipinski definition) is 0. The van der Waals surface area contributed by atoms with Gasteiger partial charge in [0.1, 0.15) is 6.10 Å². The van der Waals surface area contributed by atoms with Gasteiger partial charge in [-0.15, -0.1) is 5.10 Å². The molecule has 1 amide bonds. The number of para-hydroxylation sites is 1. The van der Waals surface area contributed by atoms with Crippen LogP contribution in [0.5, 0.6) is 5.88 Å². The second kappa shape index (κ2) is 6.52. The van der Waals surface area contributed by atoms with Crippen molar-refractivity contribution in [1.29, 1.82) is 0 Å². The van der Waals surface area contributed by atoms with Crippen LogP contribution in [-0.4, -0.2) is 50.0 Å². The lowest BCUT2D eigenvalue weighted by Crippen LogP contribution is -2.56. The minimum Gasteiger partial charge on any atom is -0.471 e. The second-order valence-electron chi connectivity index (χ2n) is 5.62. The van der Waals surface area contributed by atoms with Crippen LogP contribution >= 0.6 is 11.6 Å². The molecule has 0 aliphatic carbocycles. The van der Waals surface area contributed by atoms with Gasteiger partial charge in [-0.2, -0.15) is 9.90 Å². The number of ether oxygens (including phenoxy) is 1. The summed E-state index contributed by atoms with van der Waals surface area (Å²) in [6.07, 6.45) is 2.92. The zero-order valence-electron chi connectivity index (χ0n) is 13.1. The zero-order valence-corrected chi connectivity index (χ0v) is 13.9. The van der Waals surface area contributed by atoms with Gasteiger partial charge in [-0.3, -0.25) is 4.79 Å². The van der Waals surface area contributed by atoms with Crippen LogP contribution in [0.1, 0.15) is 10.5 Å². The molecule has 4 rings (SSSR count). The van der Waals surface area contributed by atoms with Crippen molar-refractivity contribution >= 4 is 17.5 Å². The van der Waals surface area contributed by atoms with Crippen molar-refractivity contribution in [1.82, 2.24) is 24.9 Å². The van der Waals surface area contributed by atoms with E-state index in [9.17, 15) is 4.79 Å². The molecule has 2 aromatic heterocycles. The number of nitrogens with zero attached hydrogens (tertiary/aromatic N) is 5. The Morgan fingerprint density at radius 3 is 2.64 bits per heavy atom. The van der Waals surface area contributed by atoms with E-state index in [1.54, 1.807) is 17.0 Å². The fourth-order valence-corrected chi connectivity index (χ4v) is 2.60. The lowest BCUT2D eigenvalue weighted by molar-refractivity contribution is 0.0155. The molecule has 0 saturated carbocycles. The number of hydrogen-bond acceptors (Lipinski definition) is 5. The van der Waals surface area contributed by atoms with Crippen molar-refractivity contribution in [3.63, 3.8) is 0 Å². The first-order valence-electron chi connectivity index (χ1n) is 7.74. The number of carbonyl (C=O) groups excluding carboxylic acids is 1. The second-order valence-corrected chi connectivity index (χ2v) is 6.06. The van der Waals surface area contributed by atoms with Crippen LogP contribution in [0.15, 0.2) is 54.9 Å². The van der Waals surface area contributed by atoms with E-state index < -0.39 is 0 Å². The van der Waals surface area contributed by atoms with Crippen LogP contribution in [-0.2, 0) is 0 Å². The Hall–Kier alpha value is -2.93. The predicted molar refractivity (Wildman–Crippen MR) is 90.9 cm³/mol. The first-order chi connectivity index (χ1) is 12.2. The number of likely N-dealkylation sites (tertiary alicyclic amines) is 1. The normalized spacial score (nSPS) is 14.2.